The summed E-state index contributed by atoms with van der Waals surface area (Å²) in [5.74, 6) is -1.06. The van der Waals surface area contributed by atoms with Crippen LogP contribution < -0.4 is 0 Å². The lowest BCUT2D eigenvalue weighted by atomic mass is 9.98. The lowest BCUT2D eigenvalue weighted by molar-refractivity contribution is 0.0212. The first-order valence-electron chi connectivity index (χ1n) is 8.04. The number of halogens is 6. The van der Waals surface area contributed by atoms with Crippen LogP contribution in [0.4, 0.5) is 0 Å². The van der Waals surface area contributed by atoms with E-state index in [9.17, 15) is 9.59 Å². The highest BCUT2D eigenvalue weighted by Crippen LogP contribution is 2.47. The highest BCUT2D eigenvalue weighted by atomic mass is 79.9. The molecule has 1 rings (SSSR count). The molecule has 0 aliphatic heterocycles. The summed E-state index contributed by atoms with van der Waals surface area (Å²) >= 11 is 20.5. The van der Waals surface area contributed by atoms with Gasteiger partial charge in [0.15, 0.2) is 0 Å². The fourth-order valence-corrected chi connectivity index (χ4v) is 4.97. The Bertz CT molecular complexity index is 652. The van der Waals surface area contributed by atoms with Gasteiger partial charge in [0, 0.05) is 21.5 Å². The minimum absolute atomic E-state index is 0.315. The molecular weight excluding hydrogens is 760 g/mol. The molecule has 0 spiro atoms. The molecule has 0 amide bonds. The van der Waals surface area contributed by atoms with Crippen LogP contribution in [0.3, 0.4) is 0 Å². The normalized spacial score (nSPS) is 13.2. The molecule has 0 radical (unpaired) electrons. The van der Waals surface area contributed by atoms with Crippen molar-refractivity contribution in [1.82, 2.24) is 0 Å². The van der Waals surface area contributed by atoms with Crippen molar-refractivity contribution in [2.24, 2.45) is 10.8 Å². The number of alkyl halides is 6. The van der Waals surface area contributed by atoms with Gasteiger partial charge in [-0.2, -0.15) is 0 Å². The van der Waals surface area contributed by atoms with Crippen LogP contribution >= 0.6 is 95.6 Å². The average molecular weight is 780 g/mol. The summed E-state index contributed by atoms with van der Waals surface area (Å²) in [5.41, 5.74) is -0.196. The molecule has 0 saturated carbocycles. The predicted octanol–water partition coefficient (Wildman–Crippen LogP) is 7.73. The molecule has 28 heavy (non-hydrogen) atoms. The van der Waals surface area contributed by atoms with Crippen LogP contribution in [-0.4, -0.2) is 29.4 Å². The Morgan fingerprint density at radius 3 is 1.18 bits per heavy atom. The minimum atomic E-state index is -1.04. The van der Waals surface area contributed by atoms with E-state index in [2.05, 4.69) is 95.6 Å². The quantitative estimate of drug-likeness (QED) is 0.200. The van der Waals surface area contributed by atoms with Crippen molar-refractivity contribution in [3.8, 4) is 0 Å². The molecule has 4 nitrogen and oxygen atoms in total. The third kappa shape index (κ3) is 6.52. The summed E-state index contributed by atoms with van der Waals surface area (Å²) in [6.07, 6.45) is 0. The van der Waals surface area contributed by atoms with E-state index in [0.29, 0.717) is 21.8 Å². The second kappa shape index (κ2) is 10.1. The molecule has 0 fully saturated rings. The van der Waals surface area contributed by atoms with E-state index >= 15 is 0 Å². The Hall–Kier alpha value is 1.04. The highest BCUT2D eigenvalue weighted by Gasteiger charge is 2.45. The van der Waals surface area contributed by atoms with Crippen molar-refractivity contribution < 1.29 is 19.1 Å². The van der Waals surface area contributed by atoms with Gasteiger partial charge in [0.1, 0.15) is 0 Å². The Balaban J connectivity index is 2.91. The molecule has 0 saturated heterocycles. The molecular formula is C18H20Br6O4. The van der Waals surface area contributed by atoms with Crippen molar-refractivity contribution in [1.29, 1.82) is 0 Å². The van der Waals surface area contributed by atoms with Crippen LogP contribution in [-0.2, 0) is 9.47 Å². The average Bonchev–Trinajstić information content (AvgIpc) is 2.60. The first-order valence-corrected chi connectivity index (χ1v) is 13.5. The molecule has 0 aromatic heterocycles. The van der Waals surface area contributed by atoms with Crippen LogP contribution in [0.15, 0.2) is 24.3 Å². The van der Waals surface area contributed by atoms with Crippen molar-refractivity contribution in [2.45, 2.75) is 34.5 Å². The molecule has 0 heterocycles. The van der Waals surface area contributed by atoms with Gasteiger partial charge in [0.05, 0.1) is 11.1 Å². The maximum Gasteiger partial charge on any atom is 0.340 e. The first-order chi connectivity index (χ1) is 12.6. The van der Waals surface area contributed by atoms with E-state index < -0.39 is 29.6 Å². The predicted molar refractivity (Wildman–Crippen MR) is 134 cm³/mol. The van der Waals surface area contributed by atoms with E-state index in [1.807, 2.05) is 27.7 Å². The molecule has 0 bridgehead atoms. The van der Waals surface area contributed by atoms with E-state index in [-0.39, 0.29) is 0 Å². The first kappa shape index (κ1) is 27.1. The zero-order chi connectivity index (χ0) is 22.0. The molecule has 10 heteroatoms. The summed E-state index contributed by atoms with van der Waals surface area (Å²) < 4.78 is 9.01. The molecule has 1 aromatic rings. The van der Waals surface area contributed by atoms with Crippen molar-refractivity contribution in [3.05, 3.63) is 35.4 Å². The second-order valence-corrected chi connectivity index (χ2v) is 15.1. The van der Waals surface area contributed by atoms with Crippen LogP contribution in [0.25, 0.3) is 0 Å². The van der Waals surface area contributed by atoms with Crippen molar-refractivity contribution >= 4 is 108 Å². The fourth-order valence-electron chi connectivity index (χ4n) is 1.52. The third-order valence-corrected chi connectivity index (χ3v) is 11.8. The van der Waals surface area contributed by atoms with Gasteiger partial charge in [-0.3, -0.25) is 0 Å². The smallest absolute Gasteiger partial charge is 0.340 e. The lowest BCUT2D eigenvalue weighted by Crippen LogP contribution is -2.39. The molecule has 1 aromatic carbocycles. The van der Waals surface area contributed by atoms with Crippen LogP contribution in [0, 0.1) is 10.8 Å². The van der Waals surface area contributed by atoms with Gasteiger partial charge < -0.3 is 9.47 Å². The highest BCUT2D eigenvalue weighted by molar-refractivity contribution is 9.25. The molecule has 0 aliphatic rings. The Morgan fingerprint density at radius 1 is 0.714 bits per heavy atom. The zero-order valence-electron chi connectivity index (χ0n) is 15.6. The van der Waals surface area contributed by atoms with Gasteiger partial charge in [-0.1, -0.05) is 59.6 Å². The zero-order valence-corrected chi connectivity index (χ0v) is 25.1. The van der Waals surface area contributed by atoms with Gasteiger partial charge in [-0.25, -0.2) is 9.59 Å². The molecule has 158 valence electrons. The van der Waals surface area contributed by atoms with Gasteiger partial charge >= 0.3 is 11.9 Å². The number of carbonyl (C=O) groups excluding carboxylic acids is 2. The maximum absolute atomic E-state index is 12.5. The number of carbonyl (C=O) groups is 2. The molecule has 0 atom stereocenters. The number of hydrogen-bond acceptors (Lipinski definition) is 4. The summed E-state index contributed by atoms with van der Waals surface area (Å²) in [7, 11) is 0. The topological polar surface area (TPSA) is 52.6 Å². The SMILES string of the molecule is CC(C)(CBr)C(Br)(Br)OC(=O)c1ccc(C(=O)OC(Br)(Br)C(C)(C)CBr)cc1. The Morgan fingerprint density at radius 2 is 0.964 bits per heavy atom. The number of esters is 2. The fraction of sp³-hybridized carbons (Fsp3) is 0.556. The standard InChI is InChI=1S/C18H20Br6O4/c1-15(2,9-19)17(21,22)27-13(25)11-5-7-12(8-6-11)14(26)28-18(23,24)16(3,4)10-20/h5-8H,9-10H2,1-4H3. The lowest BCUT2D eigenvalue weighted by Gasteiger charge is -2.36. The van der Waals surface area contributed by atoms with Crippen LogP contribution in [0.2, 0.25) is 0 Å². The Kier molecular flexibility index (Phi) is 9.77. The van der Waals surface area contributed by atoms with Gasteiger partial charge in [0.2, 0.25) is 6.84 Å². The number of hydrogen-bond donors (Lipinski definition) is 0. The number of rotatable bonds is 8. The van der Waals surface area contributed by atoms with Gasteiger partial charge in [-0.15, -0.1) is 0 Å². The largest absolute Gasteiger partial charge is 0.433 e. The summed E-state index contributed by atoms with van der Waals surface area (Å²) in [6.45, 7) is 7.72. The van der Waals surface area contributed by atoms with Crippen molar-refractivity contribution in [3.63, 3.8) is 0 Å². The molecule has 0 aliphatic carbocycles. The van der Waals surface area contributed by atoms with E-state index in [1.54, 1.807) is 0 Å². The summed E-state index contributed by atoms with van der Waals surface area (Å²) in [5, 5.41) is 1.19. The molecule has 0 N–H and O–H groups in total. The van der Waals surface area contributed by atoms with E-state index in [1.165, 1.54) is 24.3 Å². The van der Waals surface area contributed by atoms with Gasteiger partial charge in [-0.05, 0) is 88.0 Å². The molecule has 0 unspecified atom stereocenters. The van der Waals surface area contributed by atoms with Crippen LogP contribution in [0.5, 0.6) is 0 Å². The van der Waals surface area contributed by atoms with Crippen molar-refractivity contribution in [2.75, 3.05) is 10.7 Å². The monoisotopic (exact) mass is 774 g/mol. The van der Waals surface area contributed by atoms with Crippen LogP contribution in [0.1, 0.15) is 48.4 Å². The van der Waals surface area contributed by atoms with E-state index in [0.717, 1.165) is 0 Å². The third-order valence-electron chi connectivity index (χ3n) is 4.04. The number of ether oxygens (including phenoxy) is 2. The number of benzene rings is 1. The minimum Gasteiger partial charge on any atom is -0.433 e. The second-order valence-electron chi connectivity index (χ2n) is 7.42. The summed E-state index contributed by atoms with van der Waals surface area (Å²) in [6, 6.07) is 6.09. The maximum atomic E-state index is 12.5. The van der Waals surface area contributed by atoms with E-state index in [4.69, 9.17) is 9.47 Å². The van der Waals surface area contributed by atoms with Gasteiger partial charge in [0.25, 0.3) is 0 Å². The summed E-state index contributed by atoms with van der Waals surface area (Å²) in [4.78, 5) is 24.9. The Labute approximate surface area is 216 Å².